The molecule has 0 saturated heterocycles. The van der Waals surface area contributed by atoms with Gasteiger partial charge in [-0.15, -0.1) is 0 Å². The number of nitrogens with zero attached hydrogens (tertiary/aromatic N) is 2. The Hall–Kier alpha value is -2.09. The monoisotopic (exact) mass is 262 g/mol. The quantitative estimate of drug-likeness (QED) is 0.703. The molecule has 100 valence electrons. The van der Waals surface area contributed by atoms with Gasteiger partial charge in [0.2, 0.25) is 0 Å². The van der Waals surface area contributed by atoms with Crippen LogP contribution in [0.25, 0.3) is 0 Å². The fourth-order valence-corrected chi connectivity index (χ4v) is 3.50. The lowest BCUT2D eigenvalue weighted by atomic mass is 9.89. The molecule has 2 aromatic rings. The predicted octanol–water partition coefficient (Wildman–Crippen LogP) is 3.89. The first-order chi connectivity index (χ1) is 9.83. The first-order valence-corrected chi connectivity index (χ1v) is 7.30. The van der Waals surface area contributed by atoms with Crippen molar-refractivity contribution < 1.29 is 0 Å². The van der Waals surface area contributed by atoms with Crippen LogP contribution in [0.3, 0.4) is 0 Å². The van der Waals surface area contributed by atoms with Crippen LogP contribution in [0.4, 0.5) is 5.69 Å². The topological polar surface area (TPSA) is 15.6 Å². The van der Waals surface area contributed by atoms with Crippen LogP contribution in [-0.2, 0) is 12.8 Å². The molecule has 0 N–H and O–H groups in total. The summed E-state index contributed by atoms with van der Waals surface area (Å²) in [4.78, 5) is 7.31. The van der Waals surface area contributed by atoms with Gasteiger partial charge in [-0.1, -0.05) is 42.5 Å². The Bertz CT molecular complexity index is 687. The van der Waals surface area contributed by atoms with Crippen LogP contribution < -0.4 is 0 Å². The van der Waals surface area contributed by atoms with Gasteiger partial charge in [-0.25, -0.2) is 4.99 Å². The first kappa shape index (κ1) is 11.7. The van der Waals surface area contributed by atoms with E-state index in [1.807, 2.05) is 0 Å². The highest BCUT2D eigenvalue weighted by Gasteiger charge is 2.30. The van der Waals surface area contributed by atoms with Crippen molar-refractivity contribution in [1.29, 1.82) is 0 Å². The molecule has 0 amide bonds. The highest BCUT2D eigenvalue weighted by molar-refractivity contribution is 5.84. The van der Waals surface area contributed by atoms with Crippen molar-refractivity contribution in [2.45, 2.75) is 25.8 Å². The summed E-state index contributed by atoms with van der Waals surface area (Å²) in [6, 6.07) is 17.8. The molecule has 0 bridgehead atoms. The smallest absolute Gasteiger partial charge is 0.102 e. The van der Waals surface area contributed by atoms with E-state index in [1.165, 1.54) is 16.7 Å². The molecule has 2 aliphatic rings. The molecule has 1 atom stereocenters. The van der Waals surface area contributed by atoms with Gasteiger partial charge in [0.1, 0.15) is 5.84 Å². The van der Waals surface area contributed by atoms with Gasteiger partial charge in [-0.2, -0.15) is 0 Å². The molecule has 20 heavy (non-hydrogen) atoms. The second-order valence-electron chi connectivity index (χ2n) is 5.65. The van der Waals surface area contributed by atoms with E-state index in [1.54, 1.807) is 0 Å². The second-order valence-corrected chi connectivity index (χ2v) is 5.65. The summed E-state index contributed by atoms with van der Waals surface area (Å²) in [5.41, 5.74) is 5.47. The molecule has 0 fully saturated rings. The summed E-state index contributed by atoms with van der Waals surface area (Å²) in [7, 11) is 0. The lowest BCUT2D eigenvalue weighted by Gasteiger charge is -2.37. The predicted molar refractivity (Wildman–Crippen MR) is 82.5 cm³/mol. The minimum Gasteiger partial charge on any atom is -0.353 e. The van der Waals surface area contributed by atoms with Gasteiger partial charge in [0.25, 0.3) is 0 Å². The zero-order chi connectivity index (χ0) is 13.5. The van der Waals surface area contributed by atoms with Gasteiger partial charge in [0.05, 0.1) is 11.7 Å². The summed E-state index contributed by atoms with van der Waals surface area (Å²) >= 11 is 0. The molecule has 4 rings (SSSR count). The van der Waals surface area contributed by atoms with Crippen molar-refractivity contribution >= 4 is 11.5 Å². The van der Waals surface area contributed by atoms with Gasteiger partial charge < -0.3 is 4.90 Å². The summed E-state index contributed by atoms with van der Waals surface area (Å²) in [6.45, 7) is 3.22. The van der Waals surface area contributed by atoms with Crippen molar-refractivity contribution in [3.8, 4) is 0 Å². The molecule has 2 aromatic carbocycles. The molecule has 1 unspecified atom stereocenters. The van der Waals surface area contributed by atoms with E-state index < -0.39 is 0 Å². The number of benzene rings is 2. The van der Waals surface area contributed by atoms with Crippen LogP contribution in [0.5, 0.6) is 0 Å². The summed E-state index contributed by atoms with van der Waals surface area (Å²) < 4.78 is 0. The Morgan fingerprint density at radius 3 is 2.65 bits per heavy atom. The Morgan fingerprint density at radius 1 is 1.00 bits per heavy atom. The first-order valence-electron chi connectivity index (χ1n) is 7.30. The van der Waals surface area contributed by atoms with Crippen molar-refractivity contribution in [3.05, 3.63) is 65.2 Å². The lowest BCUT2D eigenvalue weighted by Crippen LogP contribution is -2.39. The van der Waals surface area contributed by atoms with Gasteiger partial charge >= 0.3 is 0 Å². The van der Waals surface area contributed by atoms with E-state index in [-0.39, 0.29) is 0 Å². The van der Waals surface area contributed by atoms with E-state index in [2.05, 4.69) is 60.4 Å². The third-order valence-corrected chi connectivity index (χ3v) is 4.52. The Balaban J connectivity index is 1.87. The third-order valence-electron chi connectivity index (χ3n) is 4.52. The van der Waals surface area contributed by atoms with E-state index >= 15 is 0 Å². The summed E-state index contributed by atoms with van der Waals surface area (Å²) in [6.07, 6.45) is 2.17. The van der Waals surface area contributed by atoms with Gasteiger partial charge in [-0.3, -0.25) is 0 Å². The number of hydrogen-bond donors (Lipinski definition) is 0. The number of fused-ring (bicyclic) bond motifs is 4. The van der Waals surface area contributed by atoms with Crippen LogP contribution in [-0.4, -0.2) is 17.3 Å². The molecular formula is C18H18N2. The molecule has 0 spiro atoms. The average molecular weight is 262 g/mol. The largest absolute Gasteiger partial charge is 0.353 e. The number of rotatable bonds is 0. The highest BCUT2D eigenvalue weighted by Crippen LogP contribution is 2.37. The fraction of sp³-hybridized carbons (Fsp3) is 0.278. The normalized spacial score (nSPS) is 20.4. The maximum Gasteiger partial charge on any atom is 0.102 e. The molecule has 2 aliphatic heterocycles. The van der Waals surface area contributed by atoms with E-state index in [0.717, 1.165) is 30.9 Å². The van der Waals surface area contributed by atoms with Crippen molar-refractivity contribution in [3.63, 3.8) is 0 Å². The maximum atomic E-state index is 4.84. The van der Waals surface area contributed by atoms with Crippen LogP contribution in [0.2, 0.25) is 0 Å². The lowest BCUT2D eigenvalue weighted by molar-refractivity contribution is 0.298. The zero-order valence-electron chi connectivity index (χ0n) is 11.7. The van der Waals surface area contributed by atoms with Crippen LogP contribution in [0.15, 0.2) is 53.5 Å². The SMILES string of the molecule is CC1=Nc2ccccc2CC2c3ccccc3CCN12. The minimum atomic E-state index is 0.437. The molecule has 0 radical (unpaired) electrons. The average Bonchev–Trinajstić information content (AvgIpc) is 2.63. The molecule has 0 aromatic heterocycles. The highest BCUT2D eigenvalue weighted by atomic mass is 15.2. The van der Waals surface area contributed by atoms with Crippen LogP contribution in [0.1, 0.15) is 29.7 Å². The van der Waals surface area contributed by atoms with Crippen molar-refractivity contribution in [1.82, 2.24) is 4.90 Å². The summed E-state index contributed by atoms with van der Waals surface area (Å²) in [5, 5.41) is 0. The summed E-state index contributed by atoms with van der Waals surface area (Å²) in [5.74, 6) is 1.15. The molecular weight excluding hydrogens is 244 g/mol. The fourth-order valence-electron chi connectivity index (χ4n) is 3.50. The van der Waals surface area contributed by atoms with E-state index in [0.29, 0.717) is 6.04 Å². The number of hydrogen-bond acceptors (Lipinski definition) is 2. The molecule has 2 nitrogen and oxygen atoms in total. The van der Waals surface area contributed by atoms with Gasteiger partial charge in [0, 0.05) is 6.54 Å². The number of aliphatic imine (C=N–C) groups is 1. The zero-order valence-corrected chi connectivity index (χ0v) is 11.7. The van der Waals surface area contributed by atoms with E-state index in [4.69, 9.17) is 4.99 Å². The maximum absolute atomic E-state index is 4.84. The van der Waals surface area contributed by atoms with Gasteiger partial charge in [-0.05, 0) is 42.5 Å². The molecule has 0 saturated carbocycles. The minimum absolute atomic E-state index is 0.437. The molecule has 2 heteroatoms. The van der Waals surface area contributed by atoms with E-state index in [9.17, 15) is 0 Å². The second kappa shape index (κ2) is 4.48. The number of amidine groups is 1. The standard InChI is InChI=1S/C18H18N2/c1-13-19-17-9-5-3-7-15(17)12-18-16-8-4-2-6-14(16)10-11-20(13)18/h2-9,18H,10-12H2,1H3. The Morgan fingerprint density at radius 2 is 1.75 bits per heavy atom. The Kier molecular flexibility index (Phi) is 2.62. The molecule has 2 heterocycles. The van der Waals surface area contributed by atoms with Crippen molar-refractivity contribution in [2.75, 3.05) is 6.54 Å². The van der Waals surface area contributed by atoms with Crippen LogP contribution >= 0.6 is 0 Å². The van der Waals surface area contributed by atoms with Crippen molar-refractivity contribution in [2.24, 2.45) is 4.99 Å². The number of para-hydroxylation sites is 1. The third kappa shape index (κ3) is 1.75. The molecule has 0 aliphatic carbocycles. The Labute approximate surface area is 119 Å². The van der Waals surface area contributed by atoms with Crippen LogP contribution in [0, 0.1) is 0 Å². The van der Waals surface area contributed by atoms with Gasteiger partial charge in [0.15, 0.2) is 0 Å².